The van der Waals surface area contributed by atoms with Gasteiger partial charge in [0.2, 0.25) is 5.91 Å². The number of para-hydroxylation sites is 1. The third kappa shape index (κ3) is 3.00. The molecule has 0 unspecified atom stereocenters. The van der Waals surface area contributed by atoms with Crippen LogP contribution in [0.4, 0.5) is 5.82 Å². The van der Waals surface area contributed by atoms with E-state index in [1.165, 1.54) is 0 Å². The number of nitrogens with one attached hydrogen (secondary N) is 3. The highest BCUT2D eigenvalue weighted by atomic mass is 16.2. The summed E-state index contributed by atoms with van der Waals surface area (Å²) in [5.41, 5.74) is 4.76. The van der Waals surface area contributed by atoms with Gasteiger partial charge >= 0.3 is 0 Å². The Kier molecular flexibility index (Phi) is 4.01. The van der Waals surface area contributed by atoms with Crippen molar-refractivity contribution in [2.45, 2.75) is 32.4 Å². The van der Waals surface area contributed by atoms with Crippen LogP contribution in [0.3, 0.4) is 0 Å². The first-order valence-electron chi connectivity index (χ1n) is 9.80. The molecular weight excluding hydrogens is 368 g/mol. The first-order valence-corrected chi connectivity index (χ1v) is 9.80. The number of hydrogen-bond donors (Lipinski definition) is 3. The van der Waals surface area contributed by atoms with Crippen molar-refractivity contribution in [3.63, 3.8) is 0 Å². The zero-order valence-electron chi connectivity index (χ0n) is 16.3. The molecule has 2 amide bonds. The molecule has 2 aromatic heterocycles. The molecule has 0 aliphatic carbocycles. The number of carbonyl (C=O) groups excluding carboxylic acids is 2. The van der Waals surface area contributed by atoms with Gasteiger partial charge in [-0.2, -0.15) is 0 Å². The van der Waals surface area contributed by atoms with Crippen molar-refractivity contribution < 1.29 is 9.59 Å². The largest absolute Gasteiger partial charge is 0.364 e. The van der Waals surface area contributed by atoms with Crippen LogP contribution in [0, 0.1) is 6.92 Å². The van der Waals surface area contributed by atoms with Crippen LogP contribution in [0.1, 0.15) is 35.6 Å². The highest BCUT2D eigenvalue weighted by molar-refractivity contribution is 5.98. The first kappa shape index (κ1) is 17.7. The minimum absolute atomic E-state index is 0.00417. The fourth-order valence-corrected chi connectivity index (χ4v) is 4.05. The predicted octanol–water partition coefficient (Wildman–Crippen LogP) is 2.01. The topological polar surface area (TPSA) is 101 Å². The number of carbonyl (C=O) groups is 2. The van der Waals surface area contributed by atoms with Crippen LogP contribution < -0.4 is 16.0 Å². The van der Waals surface area contributed by atoms with Crippen molar-refractivity contribution in [3.05, 3.63) is 41.9 Å². The fraction of sp³-hybridized carbons (Fsp3) is 0.333. The van der Waals surface area contributed by atoms with Gasteiger partial charge in [0.25, 0.3) is 5.91 Å². The molecule has 0 saturated carbocycles. The Morgan fingerprint density at radius 3 is 2.86 bits per heavy atom. The van der Waals surface area contributed by atoms with E-state index in [2.05, 4.69) is 16.0 Å². The van der Waals surface area contributed by atoms with E-state index in [0.717, 1.165) is 27.9 Å². The van der Waals surface area contributed by atoms with Gasteiger partial charge in [0.1, 0.15) is 11.5 Å². The van der Waals surface area contributed by atoms with Crippen LogP contribution in [0.25, 0.3) is 22.2 Å². The molecule has 2 aliphatic heterocycles. The summed E-state index contributed by atoms with van der Waals surface area (Å²) in [4.78, 5) is 34.5. The smallest absolute Gasteiger partial charge is 0.268 e. The highest BCUT2D eigenvalue weighted by Crippen LogP contribution is 2.32. The Morgan fingerprint density at radius 1 is 1.14 bits per heavy atom. The van der Waals surface area contributed by atoms with Crippen molar-refractivity contribution in [3.8, 4) is 11.1 Å². The van der Waals surface area contributed by atoms with Crippen molar-refractivity contribution >= 4 is 28.7 Å². The molecule has 0 spiro atoms. The molecule has 3 aromatic rings. The van der Waals surface area contributed by atoms with Gasteiger partial charge in [-0.05, 0) is 26.0 Å². The van der Waals surface area contributed by atoms with E-state index >= 15 is 0 Å². The van der Waals surface area contributed by atoms with Crippen LogP contribution in [0.15, 0.2) is 30.5 Å². The number of benzene rings is 1. The Bertz CT molecular complexity index is 1150. The zero-order valence-corrected chi connectivity index (χ0v) is 16.3. The van der Waals surface area contributed by atoms with Crippen molar-refractivity contribution in [1.82, 2.24) is 25.2 Å². The van der Waals surface area contributed by atoms with Crippen LogP contribution in [-0.2, 0) is 4.79 Å². The van der Waals surface area contributed by atoms with Crippen LogP contribution in [0.2, 0.25) is 0 Å². The molecule has 0 radical (unpaired) electrons. The van der Waals surface area contributed by atoms with Crippen LogP contribution >= 0.6 is 0 Å². The second-order valence-corrected chi connectivity index (χ2v) is 7.77. The lowest BCUT2D eigenvalue weighted by molar-refractivity contribution is -0.121. The SMILES string of the molecule is Cc1nc2cccc3c2nc1N[C@H](C)CNC(=O)C[C@H]1CNC(=O)c2cc-3cn21. The minimum atomic E-state index is -0.129. The lowest BCUT2D eigenvalue weighted by Crippen LogP contribution is -2.42. The molecule has 8 nitrogen and oxygen atoms in total. The quantitative estimate of drug-likeness (QED) is 0.545. The summed E-state index contributed by atoms with van der Waals surface area (Å²) in [7, 11) is 0. The number of nitrogens with zero attached hydrogens (tertiary/aromatic N) is 3. The molecule has 4 bridgehead atoms. The predicted molar refractivity (Wildman–Crippen MR) is 110 cm³/mol. The van der Waals surface area contributed by atoms with Gasteiger partial charge < -0.3 is 20.5 Å². The molecule has 1 aromatic carbocycles. The Hall–Kier alpha value is -3.42. The summed E-state index contributed by atoms with van der Waals surface area (Å²) in [6.07, 6.45) is 2.26. The van der Waals surface area contributed by atoms with Crippen molar-refractivity contribution in [2.75, 3.05) is 18.4 Å². The fourth-order valence-electron chi connectivity index (χ4n) is 4.05. The van der Waals surface area contributed by atoms with Gasteiger partial charge in [-0.3, -0.25) is 9.59 Å². The summed E-state index contributed by atoms with van der Waals surface area (Å²) >= 11 is 0. The van der Waals surface area contributed by atoms with E-state index in [4.69, 9.17) is 9.97 Å². The average Bonchev–Trinajstić information content (AvgIpc) is 3.14. The van der Waals surface area contributed by atoms with E-state index in [1.54, 1.807) is 0 Å². The molecule has 3 N–H and O–H groups in total. The van der Waals surface area contributed by atoms with Crippen molar-refractivity contribution in [2.24, 2.45) is 0 Å². The molecule has 8 heteroatoms. The van der Waals surface area contributed by atoms with Gasteiger partial charge in [0, 0.05) is 42.9 Å². The summed E-state index contributed by atoms with van der Waals surface area (Å²) < 4.78 is 1.92. The molecular formula is C21H22N6O2. The molecule has 0 fully saturated rings. The van der Waals surface area contributed by atoms with Gasteiger partial charge in [-0.1, -0.05) is 12.1 Å². The minimum Gasteiger partial charge on any atom is -0.364 e. The van der Waals surface area contributed by atoms with Gasteiger partial charge in [0.05, 0.1) is 22.8 Å². The van der Waals surface area contributed by atoms with E-state index in [1.807, 2.05) is 48.9 Å². The third-order valence-corrected chi connectivity index (χ3v) is 5.56. The van der Waals surface area contributed by atoms with E-state index < -0.39 is 0 Å². The van der Waals surface area contributed by atoms with Gasteiger partial charge in [0.15, 0.2) is 0 Å². The van der Waals surface area contributed by atoms with Crippen molar-refractivity contribution in [1.29, 1.82) is 0 Å². The number of amides is 2. The Labute approximate surface area is 167 Å². The second-order valence-electron chi connectivity index (χ2n) is 7.77. The maximum absolute atomic E-state index is 12.5. The Morgan fingerprint density at radius 2 is 2.00 bits per heavy atom. The van der Waals surface area contributed by atoms with Crippen LogP contribution in [-0.4, -0.2) is 45.5 Å². The monoisotopic (exact) mass is 390 g/mol. The standard InChI is InChI=1S/C21H22N6O2/c1-11-8-22-18(28)7-14-9-23-21(29)17-6-13(10-27(14)17)15-4-3-5-16-19(15)26-20(24-11)12(2)25-16/h3-6,10-11,14H,7-9H2,1-2H3,(H,22,28)(H,23,29)(H,24,26)/t11-,14+/m1/s1. The molecule has 2 atom stereocenters. The first-order chi connectivity index (χ1) is 14.0. The van der Waals surface area contributed by atoms with E-state index in [0.29, 0.717) is 31.0 Å². The maximum atomic E-state index is 12.5. The van der Waals surface area contributed by atoms with Crippen LogP contribution in [0.5, 0.6) is 0 Å². The number of aromatic nitrogens is 3. The average molecular weight is 390 g/mol. The van der Waals surface area contributed by atoms with E-state index in [-0.39, 0.29) is 23.9 Å². The number of anilines is 1. The second kappa shape index (κ2) is 6.58. The molecule has 148 valence electrons. The highest BCUT2D eigenvalue weighted by Gasteiger charge is 2.28. The maximum Gasteiger partial charge on any atom is 0.268 e. The van der Waals surface area contributed by atoms with Gasteiger partial charge in [-0.25, -0.2) is 9.97 Å². The molecule has 2 aliphatic rings. The molecule has 5 rings (SSSR count). The summed E-state index contributed by atoms with van der Waals surface area (Å²) in [6.45, 7) is 4.82. The summed E-state index contributed by atoms with van der Waals surface area (Å²) in [5.74, 6) is 0.524. The number of fused-ring (bicyclic) bond motifs is 3. The molecule has 4 heterocycles. The lowest BCUT2D eigenvalue weighted by Gasteiger charge is -2.26. The van der Waals surface area contributed by atoms with E-state index in [9.17, 15) is 9.59 Å². The molecule has 0 saturated heterocycles. The number of aryl methyl sites for hydroxylation is 1. The zero-order chi connectivity index (χ0) is 20.1. The molecule has 29 heavy (non-hydrogen) atoms. The third-order valence-electron chi connectivity index (χ3n) is 5.56. The summed E-state index contributed by atoms with van der Waals surface area (Å²) in [6, 6.07) is 7.63. The Balaban J connectivity index is 1.74. The number of rotatable bonds is 0. The number of hydrogen-bond acceptors (Lipinski definition) is 5. The lowest BCUT2D eigenvalue weighted by atomic mass is 10.1. The summed E-state index contributed by atoms with van der Waals surface area (Å²) in [5, 5.41) is 9.24. The van der Waals surface area contributed by atoms with Gasteiger partial charge in [-0.15, -0.1) is 0 Å². The normalized spacial score (nSPS) is 21.3.